The van der Waals surface area contributed by atoms with E-state index in [0.29, 0.717) is 32.2 Å². The van der Waals surface area contributed by atoms with Crippen LogP contribution in [0.3, 0.4) is 0 Å². The highest BCUT2D eigenvalue weighted by Crippen LogP contribution is 2.23. The topological polar surface area (TPSA) is 44.8 Å². The molecule has 3 atom stereocenters. The molecule has 162 valence electrons. The zero-order valence-electron chi connectivity index (χ0n) is 19.0. The van der Waals surface area contributed by atoms with Gasteiger partial charge in [0, 0.05) is 0 Å². The highest BCUT2D eigenvalue weighted by molar-refractivity contribution is 5.79. The summed E-state index contributed by atoms with van der Waals surface area (Å²) < 4.78 is 17.1. The van der Waals surface area contributed by atoms with Crippen molar-refractivity contribution >= 4 is 5.97 Å². The van der Waals surface area contributed by atoms with Crippen molar-refractivity contribution < 1.29 is 19.0 Å². The average Bonchev–Trinajstić information content (AvgIpc) is 2.69. The van der Waals surface area contributed by atoms with E-state index in [1.165, 1.54) is 51.4 Å². The zero-order chi connectivity index (χ0) is 20.5. The normalized spacial score (nSPS) is 15.9. The predicted molar refractivity (Wildman–Crippen MR) is 113 cm³/mol. The van der Waals surface area contributed by atoms with Crippen molar-refractivity contribution in [2.75, 3.05) is 19.8 Å². The van der Waals surface area contributed by atoms with E-state index >= 15 is 0 Å². The molecule has 0 aromatic rings. The lowest BCUT2D eigenvalue weighted by atomic mass is 9.95. The fourth-order valence-corrected chi connectivity index (χ4v) is 2.92. The van der Waals surface area contributed by atoms with Gasteiger partial charge in [-0.15, -0.1) is 0 Å². The summed E-state index contributed by atoms with van der Waals surface area (Å²) in [5, 5.41) is 0. The second-order valence-corrected chi connectivity index (χ2v) is 7.98. The Hall–Kier alpha value is -0.610. The lowest BCUT2D eigenvalue weighted by molar-refractivity contribution is -0.174. The van der Waals surface area contributed by atoms with Crippen LogP contribution in [0.2, 0.25) is 0 Å². The van der Waals surface area contributed by atoms with Gasteiger partial charge in [0.05, 0.1) is 19.3 Å². The lowest BCUT2D eigenvalue weighted by Gasteiger charge is -2.29. The van der Waals surface area contributed by atoms with Crippen molar-refractivity contribution in [1.82, 2.24) is 0 Å². The number of hydrogen-bond donors (Lipinski definition) is 0. The van der Waals surface area contributed by atoms with Gasteiger partial charge in [0.25, 0.3) is 0 Å². The first kappa shape index (κ1) is 26.4. The van der Waals surface area contributed by atoms with Crippen LogP contribution in [0, 0.1) is 5.92 Å². The van der Waals surface area contributed by atoms with Crippen molar-refractivity contribution in [3.63, 3.8) is 0 Å². The molecule has 3 unspecified atom stereocenters. The second-order valence-electron chi connectivity index (χ2n) is 7.98. The van der Waals surface area contributed by atoms with Crippen LogP contribution in [0.1, 0.15) is 106 Å². The van der Waals surface area contributed by atoms with Crippen LogP contribution in [-0.4, -0.2) is 37.5 Å². The molecule has 0 aromatic carbocycles. The minimum Gasteiger partial charge on any atom is -0.461 e. The van der Waals surface area contributed by atoms with Gasteiger partial charge in [-0.2, -0.15) is 0 Å². The van der Waals surface area contributed by atoms with E-state index < -0.39 is 5.60 Å². The minimum absolute atomic E-state index is 0.199. The Morgan fingerprint density at radius 3 is 2.19 bits per heavy atom. The molecule has 27 heavy (non-hydrogen) atoms. The van der Waals surface area contributed by atoms with Crippen LogP contribution >= 0.6 is 0 Å². The summed E-state index contributed by atoms with van der Waals surface area (Å²) in [5.74, 6) is 0.271. The van der Waals surface area contributed by atoms with Gasteiger partial charge in [0.15, 0.2) is 5.60 Å². The fraction of sp³-hybridized carbons (Fsp3) is 0.957. The van der Waals surface area contributed by atoms with Crippen LogP contribution in [0.15, 0.2) is 0 Å². The molecule has 0 spiro atoms. The monoisotopic (exact) mass is 386 g/mol. The Kier molecular flexibility index (Phi) is 16.0. The van der Waals surface area contributed by atoms with Crippen molar-refractivity contribution in [3.05, 3.63) is 0 Å². The van der Waals surface area contributed by atoms with Crippen molar-refractivity contribution in [2.24, 2.45) is 5.92 Å². The molecular formula is C23H46O4. The molecule has 0 aromatic heterocycles. The zero-order valence-corrected chi connectivity index (χ0v) is 19.0. The van der Waals surface area contributed by atoms with Gasteiger partial charge in [-0.3, -0.25) is 0 Å². The maximum absolute atomic E-state index is 12.5. The maximum atomic E-state index is 12.5. The summed E-state index contributed by atoms with van der Waals surface area (Å²) >= 11 is 0. The lowest BCUT2D eigenvalue weighted by Crippen LogP contribution is -2.41. The average molecular weight is 387 g/mol. The molecule has 0 N–H and O–H groups in total. The van der Waals surface area contributed by atoms with Gasteiger partial charge in [-0.1, -0.05) is 66.2 Å². The third-order valence-corrected chi connectivity index (χ3v) is 5.47. The Morgan fingerprint density at radius 1 is 0.926 bits per heavy atom. The second kappa shape index (κ2) is 16.4. The standard InChI is InChI=1S/C23H46O4/c1-7-11-13-14-16-21(15-12-8-2)19-27-23(6,10-4)22(24)26-18-17-25-20(5)9-3/h20-21H,7-19H2,1-6H3. The van der Waals surface area contributed by atoms with E-state index in [1.807, 2.05) is 20.8 Å². The quantitative estimate of drug-likeness (QED) is 0.205. The highest BCUT2D eigenvalue weighted by atomic mass is 16.6. The van der Waals surface area contributed by atoms with E-state index in [1.54, 1.807) is 0 Å². The van der Waals surface area contributed by atoms with E-state index in [9.17, 15) is 4.79 Å². The van der Waals surface area contributed by atoms with Crippen LogP contribution in [0.25, 0.3) is 0 Å². The van der Waals surface area contributed by atoms with Crippen LogP contribution in [0.4, 0.5) is 0 Å². The summed E-state index contributed by atoms with van der Waals surface area (Å²) in [6.07, 6.45) is 11.7. The molecule has 0 aliphatic carbocycles. The Morgan fingerprint density at radius 2 is 1.59 bits per heavy atom. The number of ether oxygens (including phenoxy) is 3. The molecule has 4 nitrogen and oxygen atoms in total. The molecule has 0 radical (unpaired) electrons. The Balaban J connectivity index is 4.42. The van der Waals surface area contributed by atoms with E-state index in [0.717, 1.165) is 6.42 Å². The van der Waals surface area contributed by atoms with E-state index in [4.69, 9.17) is 14.2 Å². The number of esters is 1. The molecule has 0 amide bonds. The van der Waals surface area contributed by atoms with Gasteiger partial charge in [-0.05, 0) is 45.4 Å². The summed E-state index contributed by atoms with van der Waals surface area (Å²) in [6.45, 7) is 13.8. The van der Waals surface area contributed by atoms with Crippen molar-refractivity contribution in [1.29, 1.82) is 0 Å². The largest absolute Gasteiger partial charge is 0.461 e. The Bertz CT molecular complexity index is 358. The van der Waals surface area contributed by atoms with Crippen LogP contribution in [-0.2, 0) is 19.0 Å². The number of carbonyl (C=O) groups is 1. The first-order chi connectivity index (χ1) is 12.9. The SMILES string of the molecule is CCCCCCC(CCCC)COC(C)(CC)C(=O)OCCOC(C)CC. The number of carbonyl (C=O) groups excluding carboxylic acids is 1. The van der Waals surface area contributed by atoms with E-state index in [-0.39, 0.29) is 12.1 Å². The molecule has 0 rings (SSSR count). The first-order valence-corrected chi connectivity index (χ1v) is 11.4. The minimum atomic E-state index is -0.857. The van der Waals surface area contributed by atoms with Gasteiger partial charge in [-0.25, -0.2) is 4.79 Å². The molecule has 0 saturated heterocycles. The van der Waals surface area contributed by atoms with Crippen LogP contribution in [0.5, 0.6) is 0 Å². The van der Waals surface area contributed by atoms with E-state index in [2.05, 4.69) is 20.8 Å². The fourth-order valence-electron chi connectivity index (χ4n) is 2.92. The summed E-state index contributed by atoms with van der Waals surface area (Å²) in [4.78, 5) is 12.5. The van der Waals surface area contributed by atoms with Crippen LogP contribution < -0.4 is 0 Å². The Labute approximate surface area is 168 Å². The first-order valence-electron chi connectivity index (χ1n) is 11.4. The highest BCUT2D eigenvalue weighted by Gasteiger charge is 2.34. The molecular weight excluding hydrogens is 340 g/mol. The third-order valence-electron chi connectivity index (χ3n) is 5.47. The van der Waals surface area contributed by atoms with Gasteiger partial charge < -0.3 is 14.2 Å². The molecule has 0 aliphatic rings. The molecule has 4 heteroatoms. The number of hydrogen-bond acceptors (Lipinski definition) is 4. The van der Waals surface area contributed by atoms with Gasteiger partial charge >= 0.3 is 5.97 Å². The summed E-state index contributed by atoms with van der Waals surface area (Å²) in [5.41, 5.74) is -0.857. The molecule has 0 aliphatic heterocycles. The van der Waals surface area contributed by atoms with Crippen molar-refractivity contribution in [2.45, 2.75) is 117 Å². The third kappa shape index (κ3) is 12.5. The van der Waals surface area contributed by atoms with Gasteiger partial charge in [0.1, 0.15) is 6.61 Å². The smallest absolute Gasteiger partial charge is 0.338 e. The van der Waals surface area contributed by atoms with Crippen molar-refractivity contribution in [3.8, 4) is 0 Å². The molecule has 0 saturated carbocycles. The van der Waals surface area contributed by atoms with Gasteiger partial charge in [0.2, 0.25) is 0 Å². The molecule has 0 heterocycles. The molecule has 0 fully saturated rings. The summed E-state index contributed by atoms with van der Waals surface area (Å²) in [7, 11) is 0. The number of rotatable bonds is 18. The number of unbranched alkanes of at least 4 members (excludes halogenated alkanes) is 4. The predicted octanol–water partition coefficient (Wildman–Crippen LogP) is 6.31. The maximum Gasteiger partial charge on any atom is 0.338 e. The molecule has 0 bridgehead atoms. The summed E-state index contributed by atoms with van der Waals surface area (Å²) in [6, 6.07) is 0.